The summed E-state index contributed by atoms with van der Waals surface area (Å²) in [5, 5.41) is 5.09. The first kappa shape index (κ1) is 27.9. The molecule has 0 atom stereocenters. The Balaban J connectivity index is 1.58. The second kappa shape index (κ2) is 17.1. The van der Waals surface area contributed by atoms with Crippen LogP contribution in [0.4, 0.5) is 0 Å². The Kier molecular flexibility index (Phi) is 14.0. The molecule has 1 N–H and O–H groups in total. The maximum absolute atomic E-state index is 12.0. The molecule has 0 radical (unpaired) electrons. The summed E-state index contributed by atoms with van der Waals surface area (Å²) in [6.07, 6.45) is 19.8. The van der Waals surface area contributed by atoms with Gasteiger partial charge in [0, 0.05) is 6.42 Å². The van der Waals surface area contributed by atoms with Gasteiger partial charge in [-0.25, -0.2) is 5.43 Å². The normalized spacial score (nSPS) is 13.3. The van der Waals surface area contributed by atoms with Crippen LogP contribution < -0.4 is 10.2 Å². The number of benzene rings is 1. The van der Waals surface area contributed by atoms with E-state index >= 15 is 0 Å². The van der Waals surface area contributed by atoms with E-state index in [9.17, 15) is 9.59 Å². The van der Waals surface area contributed by atoms with Gasteiger partial charge in [-0.1, -0.05) is 103 Å². The van der Waals surface area contributed by atoms with Gasteiger partial charge in [0.15, 0.2) is 0 Å². The van der Waals surface area contributed by atoms with E-state index in [4.69, 9.17) is 4.74 Å². The van der Waals surface area contributed by atoms with Crippen LogP contribution in [0.1, 0.15) is 122 Å². The van der Waals surface area contributed by atoms with Crippen LogP contribution in [0, 0.1) is 0 Å². The van der Waals surface area contributed by atoms with Gasteiger partial charge in [-0.05, 0) is 37.0 Å². The summed E-state index contributed by atoms with van der Waals surface area (Å²) in [6, 6.07) is 7.99. The molecule has 34 heavy (non-hydrogen) atoms. The van der Waals surface area contributed by atoms with Gasteiger partial charge in [0.05, 0.1) is 0 Å². The highest BCUT2D eigenvalue weighted by Gasteiger charge is 2.27. The van der Waals surface area contributed by atoms with Gasteiger partial charge in [0.2, 0.25) is 11.8 Å². The lowest BCUT2D eigenvalue weighted by molar-refractivity contribution is -0.139. The minimum Gasteiger partial charge on any atom is -0.441 e. The third kappa shape index (κ3) is 11.7. The van der Waals surface area contributed by atoms with Crippen LogP contribution in [0.5, 0.6) is 5.75 Å². The number of amides is 2. The largest absolute Gasteiger partial charge is 0.441 e. The first-order valence-electron chi connectivity index (χ1n) is 13.6. The van der Waals surface area contributed by atoms with Crippen LogP contribution in [-0.4, -0.2) is 22.8 Å². The summed E-state index contributed by atoms with van der Waals surface area (Å²) in [6.45, 7) is 4.18. The van der Waals surface area contributed by atoms with Crippen molar-refractivity contribution < 1.29 is 14.3 Å². The first-order chi connectivity index (χ1) is 16.6. The Hall–Kier alpha value is -2.37. The fraction of sp³-hybridized carbons (Fsp3) is 0.679. The van der Waals surface area contributed by atoms with Crippen LogP contribution in [-0.2, 0) is 16.0 Å². The number of hydrogen-bond acceptors (Lipinski definition) is 4. The zero-order chi connectivity index (χ0) is 24.4. The number of ether oxygens (including phenoxy) is 1. The molecular formula is C28H45N3O3. The second-order valence-electron chi connectivity index (χ2n) is 9.40. The maximum Gasteiger partial charge on any atom is 0.271 e. The van der Waals surface area contributed by atoms with E-state index in [1.165, 1.54) is 89.0 Å². The van der Waals surface area contributed by atoms with Crippen LogP contribution in [0.25, 0.3) is 0 Å². The minimum atomic E-state index is -0.289. The van der Waals surface area contributed by atoms with E-state index in [0.717, 1.165) is 11.5 Å². The van der Waals surface area contributed by atoms with Crippen molar-refractivity contribution in [2.45, 2.75) is 123 Å². The first-order valence-corrected chi connectivity index (χ1v) is 13.6. The molecule has 2 amide bonds. The van der Waals surface area contributed by atoms with Crippen molar-refractivity contribution in [2.24, 2.45) is 5.10 Å². The summed E-state index contributed by atoms with van der Waals surface area (Å²) >= 11 is 0. The number of carbonyl (C=O) groups is 2. The van der Waals surface area contributed by atoms with Crippen LogP contribution in [0.2, 0.25) is 0 Å². The van der Waals surface area contributed by atoms with Crippen LogP contribution in [0.3, 0.4) is 0 Å². The highest BCUT2D eigenvalue weighted by atomic mass is 16.5. The Morgan fingerprint density at radius 3 is 2.15 bits per heavy atom. The number of nitrogens with one attached hydrogen (secondary N) is 1. The molecule has 0 spiro atoms. The van der Waals surface area contributed by atoms with E-state index < -0.39 is 0 Å². The van der Waals surface area contributed by atoms with Crippen molar-refractivity contribution in [3.8, 4) is 5.75 Å². The van der Waals surface area contributed by atoms with Crippen LogP contribution >= 0.6 is 0 Å². The van der Waals surface area contributed by atoms with Crippen molar-refractivity contribution in [2.75, 3.05) is 0 Å². The molecule has 6 nitrogen and oxygen atoms in total. The second-order valence-corrected chi connectivity index (χ2v) is 9.40. The quantitative estimate of drug-likeness (QED) is 0.233. The third-order valence-corrected chi connectivity index (χ3v) is 6.16. The Morgan fingerprint density at radius 2 is 1.53 bits per heavy atom. The summed E-state index contributed by atoms with van der Waals surface area (Å²) in [5.74, 6) is 0.476. The van der Waals surface area contributed by atoms with Gasteiger partial charge in [-0.3, -0.25) is 9.59 Å². The predicted octanol–water partition coefficient (Wildman–Crippen LogP) is 7.08. The molecule has 6 heteroatoms. The Morgan fingerprint density at radius 1 is 0.912 bits per heavy atom. The molecule has 2 rings (SSSR count). The van der Waals surface area contributed by atoms with Crippen molar-refractivity contribution in [1.82, 2.24) is 10.5 Å². The number of carbonyl (C=O) groups excluding carboxylic acids is 2. The molecule has 1 aromatic rings. The lowest BCUT2D eigenvalue weighted by Crippen LogP contribution is -2.39. The van der Waals surface area contributed by atoms with E-state index in [-0.39, 0.29) is 18.2 Å². The summed E-state index contributed by atoms with van der Waals surface area (Å²) in [4.78, 5) is 23.8. The lowest BCUT2D eigenvalue weighted by Gasteiger charge is -2.11. The molecule has 0 saturated heterocycles. The fourth-order valence-corrected chi connectivity index (χ4v) is 4.20. The van der Waals surface area contributed by atoms with Crippen molar-refractivity contribution in [1.29, 1.82) is 0 Å². The smallest absolute Gasteiger partial charge is 0.271 e. The number of hydrogen-bond donors (Lipinski definition) is 1. The summed E-state index contributed by atoms with van der Waals surface area (Å²) < 4.78 is 5.81. The molecule has 1 aliphatic rings. The van der Waals surface area contributed by atoms with Crippen molar-refractivity contribution >= 4 is 17.7 Å². The summed E-state index contributed by atoms with van der Waals surface area (Å²) in [7, 11) is 0. The van der Waals surface area contributed by atoms with Crippen LogP contribution in [0.15, 0.2) is 29.4 Å². The Labute approximate surface area is 206 Å². The summed E-state index contributed by atoms with van der Waals surface area (Å²) in [5.41, 5.74) is 3.74. The number of rotatable bonds is 18. The maximum atomic E-state index is 12.0. The fourth-order valence-electron chi connectivity index (χ4n) is 4.20. The molecule has 0 saturated carbocycles. The Bertz CT molecular complexity index is 763. The number of hydrazone groups is 1. The SMILES string of the molecule is CCCCCCCCCCCCCCCc1cccc(OC2=NN(NC(=O)CCC)C(=O)C2)c1. The molecule has 0 aliphatic carbocycles. The van der Waals surface area contributed by atoms with E-state index in [1.807, 2.05) is 25.1 Å². The molecular weight excluding hydrogens is 426 g/mol. The monoisotopic (exact) mass is 471 g/mol. The standard InChI is InChI=1S/C28H45N3O3/c1-3-5-6-7-8-9-10-11-12-13-14-15-16-19-24-20-17-21-25(22-24)34-27-23-28(33)31(30-27)29-26(32)18-4-2/h17,20-22H,3-16,18-19,23H2,1-2H3,(H,29,32). The average molecular weight is 472 g/mol. The number of nitrogens with zero attached hydrogens (tertiary/aromatic N) is 2. The van der Waals surface area contributed by atoms with Gasteiger partial charge in [-0.15, -0.1) is 10.2 Å². The van der Waals surface area contributed by atoms with Gasteiger partial charge >= 0.3 is 0 Å². The highest BCUT2D eigenvalue weighted by Crippen LogP contribution is 2.19. The van der Waals surface area contributed by atoms with Gasteiger partial charge in [0.1, 0.15) is 12.2 Å². The number of aryl methyl sites for hydroxylation is 1. The minimum absolute atomic E-state index is 0.0511. The molecule has 1 aliphatic heterocycles. The van der Waals surface area contributed by atoms with Gasteiger partial charge in [0.25, 0.3) is 5.91 Å². The number of hydrazine groups is 1. The highest BCUT2D eigenvalue weighted by molar-refractivity contribution is 6.02. The molecule has 0 fully saturated rings. The lowest BCUT2D eigenvalue weighted by atomic mass is 10.0. The van der Waals surface area contributed by atoms with E-state index in [0.29, 0.717) is 24.5 Å². The average Bonchev–Trinajstić information content (AvgIpc) is 3.15. The molecule has 190 valence electrons. The van der Waals surface area contributed by atoms with Crippen molar-refractivity contribution in [3.63, 3.8) is 0 Å². The third-order valence-electron chi connectivity index (χ3n) is 6.16. The van der Waals surface area contributed by atoms with Crippen molar-refractivity contribution in [3.05, 3.63) is 29.8 Å². The molecule has 0 bridgehead atoms. The molecule has 0 unspecified atom stereocenters. The topological polar surface area (TPSA) is 71.0 Å². The van der Waals surface area contributed by atoms with E-state index in [2.05, 4.69) is 23.5 Å². The predicted molar refractivity (Wildman–Crippen MR) is 138 cm³/mol. The van der Waals surface area contributed by atoms with Gasteiger partial charge in [-0.2, -0.15) is 0 Å². The van der Waals surface area contributed by atoms with E-state index in [1.54, 1.807) is 0 Å². The molecule has 1 heterocycles. The number of unbranched alkanes of at least 4 members (excludes halogenated alkanes) is 12. The van der Waals surface area contributed by atoms with Gasteiger partial charge < -0.3 is 4.74 Å². The molecule has 0 aromatic heterocycles. The zero-order valence-electron chi connectivity index (χ0n) is 21.4. The zero-order valence-corrected chi connectivity index (χ0v) is 21.4. The molecule has 1 aromatic carbocycles.